The van der Waals surface area contributed by atoms with E-state index in [-0.39, 0.29) is 18.0 Å². The van der Waals surface area contributed by atoms with Gasteiger partial charge in [0.2, 0.25) is 5.91 Å². The summed E-state index contributed by atoms with van der Waals surface area (Å²) in [6.45, 7) is 0.313. The molecule has 1 saturated heterocycles. The topological polar surface area (TPSA) is 97.3 Å². The summed E-state index contributed by atoms with van der Waals surface area (Å²) in [5.74, 6) is 0.0691. The highest BCUT2D eigenvalue weighted by Gasteiger charge is 2.20. The van der Waals surface area contributed by atoms with Crippen molar-refractivity contribution in [3.05, 3.63) is 41.7 Å². The van der Waals surface area contributed by atoms with Gasteiger partial charge in [0.15, 0.2) is 0 Å². The number of piperidine rings is 1. The second kappa shape index (κ2) is 8.01. The molecular weight excluding hydrogens is 334 g/mol. The zero-order valence-corrected chi connectivity index (χ0v) is 14.9. The van der Waals surface area contributed by atoms with Gasteiger partial charge in [0.05, 0.1) is 18.3 Å². The molecule has 1 fully saturated rings. The lowest BCUT2D eigenvalue weighted by Gasteiger charge is -2.24. The molecule has 3 N–H and O–H groups in total. The van der Waals surface area contributed by atoms with E-state index in [1.165, 1.54) is 0 Å². The van der Waals surface area contributed by atoms with E-state index in [1.54, 1.807) is 25.0 Å². The molecule has 1 aliphatic rings. The molecule has 2 heterocycles. The van der Waals surface area contributed by atoms with Gasteiger partial charge in [-0.15, -0.1) is 0 Å². The Morgan fingerprint density at radius 3 is 3.04 bits per heavy atom. The van der Waals surface area contributed by atoms with E-state index in [2.05, 4.69) is 21.0 Å². The Balaban J connectivity index is 1.66. The molecule has 0 saturated carbocycles. The summed E-state index contributed by atoms with van der Waals surface area (Å²) in [5.41, 5.74) is 2.90. The zero-order chi connectivity index (χ0) is 18.5. The molecule has 8 heteroatoms. The van der Waals surface area contributed by atoms with Gasteiger partial charge in [-0.25, -0.2) is 4.79 Å². The number of anilines is 2. The van der Waals surface area contributed by atoms with Crippen molar-refractivity contribution in [1.29, 1.82) is 0 Å². The smallest absolute Gasteiger partial charge is 0.323 e. The van der Waals surface area contributed by atoms with Crippen LogP contribution in [0, 0.1) is 0 Å². The molecule has 2 aromatic rings. The number of methoxy groups -OCH3 is 1. The average molecular weight is 357 g/mol. The normalized spacial score (nSPS) is 16.8. The van der Waals surface area contributed by atoms with E-state index in [0.717, 1.165) is 18.4 Å². The van der Waals surface area contributed by atoms with Crippen LogP contribution in [0.25, 0.3) is 0 Å². The number of nitrogens with zero attached hydrogens (tertiary/aromatic N) is 2. The molecule has 1 atom stereocenters. The minimum atomic E-state index is -0.361. The molecule has 3 amide bonds. The first-order valence-electron chi connectivity index (χ1n) is 8.54. The Hall–Kier alpha value is -2.87. The van der Waals surface area contributed by atoms with Gasteiger partial charge in [0.25, 0.3) is 0 Å². The molecule has 0 aliphatic carbocycles. The highest BCUT2D eigenvalue weighted by Crippen LogP contribution is 2.25. The molecule has 0 spiro atoms. The van der Waals surface area contributed by atoms with Crippen molar-refractivity contribution in [3.8, 4) is 0 Å². The van der Waals surface area contributed by atoms with Gasteiger partial charge < -0.3 is 20.7 Å². The summed E-state index contributed by atoms with van der Waals surface area (Å²) in [4.78, 5) is 23.9. The molecule has 0 radical (unpaired) electrons. The largest absolute Gasteiger partial charge is 0.378 e. The fourth-order valence-corrected chi connectivity index (χ4v) is 3.06. The first-order chi connectivity index (χ1) is 12.5. The maximum atomic E-state index is 12.3. The third-order valence-electron chi connectivity index (χ3n) is 4.21. The Labute approximate surface area is 151 Å². The highest BCUT2D eigenvalue weighted by molar-refractivity contribution is 6.00. The van der Waals surface area contributed by atoms with Crippen molar-refractivity contribution in [2.24, 2.45) is 7.05 Å². The van der Waals surface area contributed by atoms with Crippen LogP contribution in [0.2, 0.25) is 0 Å². The molecule has 1 aliphatic heterocycles. The summed E-state index contributed by atoms with van der Waals surface area (Å²) < 4.78 is 6.71. The molecular formula is C18H23N5O3. The molecule has 1 aromatic carbocycles. The van der Waals surface area contributed by atoms with E-state index in [1.807, 2.05) is 24.3 Å². The lowest BCUT2D eigenvalue weighted by Crippen LogP contribution is -2.32. The number of carbonyl (C=O) groups is 2. The summed E-state index contributed by atoms with van der Waals surface area (Å²) in [6, 6.07) is 7.15. The minimum Gasteiger partial charge on any atom is -0.378 e. The standard InChI is InChI=1S/C18H23N5O3/c1-23-10-15(16(22-23)11-26-2)21-18(25)19-13-6-3-5-12(9-13)14-7-4-8-17(24)20-14/h3,5-6,9-10,14H,4,7-8,11H2,1-2H3,(H,20,24)(H2,19,21,25). The summed E-state index contributed by atoms with van der Waals surface area (Å²) >= 11 is 0. The van der Waals surface area contributed by atoms with Crippen molar-refractivity contribution in [2.45, 2.75) is 31.9 Å². The van der Waals surface area contributed by atoms with Gasteiger partial charge in [0.1, 0.15) is 5.69 Å². The lowest BCUT2D eigenvalue weighted by molar-refractivity contribution is -0.123. The monoisotopic (exact) mass is 357 g/mol. The molecule has 1 aromatic heterocycles. The second-order valence-electron chi connectivity index (χ2n) is 6.31. The maximum absolute atomic E-state index is 12.3. The quantitative estimate of drug-likeness (QED) is 0.766. The molecule has 26 heavy (non-hydrogen) atoms. The van der Waals surface area contributed by atoms with Crippen molar-refractivity contribution in [3.63, 3.8) is 0 Å². The van der Waals surface area contributed by atoms with Crippen LogP contribution in [0.5, 0.6) is 0 Å². The number of hydrogen-bond acceptors (Lipinski definition) is 4. The van der Waals surface area contributed by atoms with Crippen LogP contribution in [0.4, 0.5) is 16.2 Å². The van der Waals surface area contributed by atoms with Crippen LogP contribution in [-0.4, -0.2) is 28.8 Å². The van der Waals surface area contributed by atoms with Crippen LogP contribution in [0.15, 0.2) is 30.5 Å². The number of amides is 3. The number of carbonyl (C=O) groups excluding carboxylic acids is 2. The summed E-state index contributed by atoms with van der Waals surface area (Å²) in [7, 11) is 3.36. The van der Waals surface area contributed by atoms with Crippen molar-refractivity contribution < 1.29 is 14.3 Å². The van der Waals surface area contributed by atoms with Crippen molar-refractivity contribution in [2.75, 3.05) is 17.7 Å². The van der Waals surface area contributed by atoms with Gasteiger partial charge in [-0.05, 0) is 30.5 Å². The number of benzene rings is 1. The Morgan fingerprint density at radius 1 is 1.42 bits per heavy atom. The number of nitrogens with one attached hydrogen (secondary N) is 3. The Morgan fingerprint density at radius 2 is 2.27 bits per heavy atom. The van der Waals surface area contributed by atoms with Crippen LogP contribution in [-0.2, 0) is 23.2 Å². The van der Waals surface area contributed by atoms with Crippen LogP contribution in [0.1, 0.15) is 36.6 Å². The number of aryl methyl sites for hydroxylation is 1. The molecule has 1 unspecified atom stereocenters. The molecule has 0 bridgehead atoms. The van der Waals surface area contributed by atoms with Gasteiger partial charge >= 0.3 is 6.03 Å². The fourth-order valence-electron chi connectivity index (χ4n) is 3.06. The average Bonchev–Trinajstić information content (AvgIpc) is 2.94. The van der Waals surface area contributed by atoms with Crippen LogP contribution >= 0.6 is 0 Å². The number of aromatic nitrogens is 2. The van der Waals surface area contributed by atoms with Gasteiger partial charge in [0, 0.05) is 32.5 Å². The summed E-state index contributed by atoms with van der Waals surface area (Å²) in [5, 5.41) is 12.8. The third kappa shape index (κ3) is 4.40. The first kappa shape index (κ1) is 17.9. The van der Waals surface area contributed by atoms with Crippen molar-refractivity contribution >= 4 is 23.3 Å². The zero-order valence-electron chi connectivity index (χ0n) is 14.9. The van der Waals surface area contributed by atoms with E-state index < -0.39 is 0 Å². The number of rotatable bonds is 5. The van der Waals surface area contributed by atoms with E-state index in [9.17, 15) is 9.59 Å². The Kier molecular flexibility index (Phi) is 5.52. The number of ether oxygens (including phenoxy) is 1. The van der Waals surface area contributed by atoms with Crippen LogP contribution < -0.4 is 16.0 Å². The van der Waals surface area contributed by atoms with E-state index >= 15 is 0 Å². The lowest BCUT2D eigenvalue weighted by atomic mass is 9.97. The van der Waals surface area contributed by atoms with Gasteiger partial charge in [-0.1, -0.05) is 12.1 Å². The summed E-state index contributed by atoms with van der Waals surface area (Å²) in [6.07, 6.45) is 4.07. The molecule has 3 rings (SSSR count). The predicted octanol–water partition coefficient (Wildman–Crippen LogP) is 2.55. The first-order valence-corrected chi connectivity index (χ1v) is 8.54. The molecule has 138 valence electrons. The van der Waals surface area contributed by atoms with E-state index in [4.69, 9.17) is 4.74 Å². The number of hydrogen-bond donors (Lipinski definition) is 3. The maximum Gasteiger partial charge on any atom is 0.323 e. The highest BCUT2D eigenvalue weighted by atomic mass is 16.5. The van der Waals surface area contributed by atoms with Crippen molar-refractivity contribution in [1.82, 2.24) is 15.1 Å². The number of urea groups is 1. The third-order valence-corrected chi connectivity index (χ3v) is 4.21. The predicted molar refractivity (Wildman–Crippen MR) is 97.7 cm³/mol. The SMILES string of the molecule is COCc1nn(C)cc1NC(=O)Nc1cccc(C2CCCC(=O)N2)c1. The van der Waals surface area contributed by atoms with Crippen LogP contribution in [0.3, 0.4) is 0 Å². The van der Waals surface area contributed by atoms with Gasteiger partial charge in [-0.3, -0.25) is 9.48 Å². The second-order valence-corrected chi connectivity index (χ2v) is 6.31. The molecule has 8 nitrogen and oxygen atoms in total. The van der Waals surface area contributed by atoms with E-state index in [0.29, 0.717) is 30.1 Å². The minimum absolute atomic E-state index is 0.00677. The van der Waals surface area contributed by atoms with Gasteiger partial charge in [-0.2, -0.15) is 5.10 Å². The fraction of sp³-hybridized carbons (Fsp3) is 0.389. The Bertz CT molecular complexity index is 802.